The van der Waals surface area contributed by atoms with Crippen molar-refractivity contribution in [2.75, 3.05) is 0 Å². The first kappa shape index (κ1) is 16.7. The third kappa shape index (κ3) is 4.64. The zero-order chi connectivity index (χ0) is 16.8. The Kier molecular flexibility index (Phi) is 5.46. The Hall–Kier alpha value is -2.69. The van der Waals surface area contributed by atoms with Crippen molar-refractivity contribution in [2.45, 2.75) is 26.4 Å². The van der Waals surface area contributed by atoms with Crippen LogP contribution >= 0.6 is 0 Å². The van der Waals surface area contributed by atoms with Crippen LogP contribution < -0.4 is 10.6 Å². The van der Waals surface area contributed by atoms with Crippen LogP contribution in [0.1, 0.15) is 41.4 Å². The Balaban J connectivity index is 2.00. The van der Waals surface area contributed by atoms with Crippen molar-refractivity contribution in [3.8, 4) is 0 Å². The molecule has 0 spiro atoms. The number of benzene rings is 2. The summed E-state index contributed by atoms with van der Waals surface area (Å²) in [5.41, 5.74) is 1.83. The van der Waals surface area contributed by atoms with Crippen molar-refractivity contribution in [1.82, 2.24) is 10.6 Å². The predicted octanol–water partition coefficient (Wildman–Crippen LogP) is 2.95. The Morgan fingerprint density at radius 2 is 1.74 bits per heavy atom. The molecule has 0 saturated carbocycles. The van der Waals surface area contributed by atoms with Gasteiger partial charge in [-0.15, -0.1) is 0 Å². The van der Waals surface area contributed by atoms with Gasteiger partial charge >= 0.3 is 0 Å². The molecule has 0 unspecified atom stereocenters. The van der Waals surface area contributed by atoms with Gasteiger partial charge in [0.15, 0.2) is 0 Å². The number of rotatable bonds is 5. The van der Waals surface area contributed by atoms with Crippen LogP contribution in [0.2, 0.25) is 0 Å². The van der Waals surface area contributed by atoms with Crippen molar-refractivity contribution >= 4 is 11.8 Å². The van der Waals surface area contributed by atoms with Gasteiger partial charge in [-0.3, -0.25) is 9.59 Å². The quantitative estimate of drug-likeness (QED) is 0.891. The highest BCUT2D eigenvalue weighted by Gasteiger charge is 2.14. The highest BCUT2D eigenvalue weighted by atomic mass is 19.1. The van der Waals surface area contributed by atoms with Gasteiger partial charge in [-0.25, -0.2) is 4.39 Å². The third-order valence-corrected chi connectivity index (χ3v) is 3.48. The number of nitrogens with one attached hydrogen (secondary N) is 2. The van der Waals surface area contributed by atoms with E-state index in [4.69, 9.17) is 0 Å². The molecule has 4 nitrogen and oxygen atoms in total. The molecular weight excluding hydrogens is 295 g/mol. The predicted molar refractivity (Wildman–Crippen MR) is 86.2 cm³/mol. The van der Waals surface area contributed by atoms with E-state index in [9.17, 15) is 14.0 Å². The van der Waals surface area contributed by atoms with Crippen molar-refractivity contribution in [1.29, 1.82) is 0 Å². The Morgan fingerprint density at radius 1 is 1.09 bits per heavy atom. The maximum Gasteiger partial charge on any atom is 0.251 e. The number of amides is 2. The second kappa shape index (κ2) is 7.54. The van der Waals surface area contributed by atoms with Gasteiger partial charge in [-0.2, -0.15) is 0 Å². The Bertz CT molecular complexity index is 698. The van der Waals surface area contributed by atoms with E-state index in [0.29, 0.717) is 17.7 Å². The number of hydrogen-bond acceptors (Lipinski definition) is 2. The first-order chi connectivity index (χ1) is 11.0. The van der Waals surface area contributed by atoms with Crippen LogP contribution in [0.5, 0.6) is 0 Å². The van der Waals surface area contributed by atoms with Crippen molar-refractivity contribution in [3.63, 3.8) is 0 Å². The molecule has 0 bridgehead atoms. The third-order valence-electron chi connectivity index (χ3n) is 3.48. The van der Waals surface area contributed by atoms with Crippen molar-refractivity contribution in [2.24, 2.45) is 0 Å². The summed E-state index contributed by atoms with van der Waals surface area (Å²) in [5, 5.41) is 5.46. The molecule has 0 heterocycles. The first-order valence-corrected chi connectivity index (χ1v) is 7.36. The molecule has 0 aliphatic carbocycles. The number of carbonyl (C=O) groups excluding carboxylic acids is 2. The van der Waals surface area contributed by atoms with Gasteiger partial charge in [0.25, 0.3) is 5.91 Å². The van der Waals surface area contributed by atoms with E-state index in [1.165, 1.54) is 13.0 Å². The number of hydrogen-bond donors (Lipinski definition) is 2. The molecule has 0 aromatic heterocycles. The SMILES string of the molecule is CC(=O)NCc1ccc(C(=O)N[C@@H](C)c2ccccc2F)cc1. The van der Waals surface area contributed by atoms with E-state index in [-0.39, 0.29) is 17.6 Å². The summed E-state index contributed by atoms with van der Waals surface area (Å²) in [4.78, 5) is 23.1. The molecule has 2 rings (SSSR count). The van der Waals surface area contributed by atoms with E-state index in [2.05, 4.69) is 10.6 Å². The summed E-state index contributed by atoms with van der Waals surface area (Å²) in [6.45, 7) is 3.61. The van der Waals surface area contributed by atoms with Gasteiger partial charge in [0.05, 0.1) is 6.04 Å². The molecule has 2 aromatic rings. The van der Waals surface area contributed by atoms with Gasteiger partial charge in [0.2, 0.25) is 5.91 Å². The average Bonchev–Trinajstić information content (AvgIpc) is 2.53. The summed E-state index contributed by atoms with van der Waals surface area (Å²) < 4.78 is 13.7. The van der Waals surface area contributed by atoms with E-state index in [1.54, 1.807) is 49.4 Å². The summed E-state index contributed by atoms with van der Waals surface area (Å²) in [6.07, 6.45) is 0. The van der Waals surface area contributed by atoms with Gasteiger partial charge in [0.1, 0.15) is 5.82 Å². The maximum absolute atomic E-state index is 13.7. The average molecular weight is 314 g/mol. The van der Waals surface area contributed by atoms with Gasteiger partial charge < -0.3 is 10.6 Å². The molecule has 2 N–H and O–H groups in total. The summed E-state index contributed by atoms with van der Waals surface area (Å²) >= 11 is 0. The molecule has 0 radical (unpaired) electrons. The van der Waals surface area contributed by atoms with Crippen LogP contribution in [-0.2, 0) is 11.3 Å². The Labute approximate surface area is 134 Å². The van der Waals surface area contributed by atoms with Crippen LogP contribution in [-0.4, -0.2) is 11.8 Å². The fraction of sp³-hybridized carbons (Fsp3) is 0.222. The summed E-state index contributed by atoms with van der Waals surface area (Å²) in [5.74, 6) is -0.719. The Morgan fingerprint density at radius 3 is 2.35 bits per heavy atom. The molecule has 23 heavy (non-hydrogen) atoms. The topological polar surface area (TPSA) is 58.2 Å². The standard InChI is InChI=1S/C18H19FN2O2/c1-12(16-5-3-4-6-17(16)19)21-18(23)15-9-7-14(8-10-15)11-20-13(2)22/h3-10,12H,11H2,1-2H3,(H,20,22)(H,21,23)/t12-/m0/s1. The molecule has 5 heteroatoms. The van der Waals surface area contributed by atoms with Gasteiger partial charge in [-0.1, -0.05) is 30.3 Å². The second-order valence-corrected chi connectivity index (χ2v) is 5.32. The maximum atomic E-state index is 13.7. The summed E-state index contributed by atoms with van der Waals surface area (Å²) in [7, 11) is 0. The highest BCUT2D eigenvalue weighted by Crippen LogP contribution is 2.16. The largest absolute Gasteiger partial charge is 0.352 e. The first-order valence-electron chi connectivity index (χ1n) is 7.36. The molecule has 0 fully saturated rings. The zero-order valence-corrected chi connectivity index (χ0v) is 13.1. The molecule has 120 valence electrons. The molecule has 1 atom stereocenters. The second-order valence-electron chi connectivity index (χ2n) is 5.32. The van der Waals surface area contributed by atoms with Crippen molar-refractivity contribution < 1.29 is 14.0 Å². The van der Waals surface area contributed by atoms with E-state index in [1.807, 2.05) is 0 Å². The zero-order valence-electron chi connectivity index (χ0n) is 13.1. The number of halogens is 1. The van der Waals surface area contributed by atoms with Crippen LogP contribution in [0.3, 0.4) is 0 Å². The molecule has 0 saturated heterocycles. The lowest BCUT2D eigenvalue weighted by atomic mass is 10.1. The smallest absolute Gasteiger partial charge is 0.251 e. The lowest BCUT2D eigenvalue weighted by molar-refractivity contribution is -0.119. The fourth-order valence-electron chi connectivity index (χ4n) is 2.18. The number of carbonyl (C=O) groups is 2. The minimum atomic E-state index is -0.428. The van der Waals surface area contributed by atoms with Gasteiger partial charge in [0, 0.05) is 24.6 Å². The molecule has 2 amide bonds. The lowest BCUT2D eigenvalue weighted by Gasteiger charge is -2.15. The van der Waals surface area contributed by atoms with E-state index in [0.717, 1.165) is 5.56 Å². The van der Waals surface area contributed by atoms with E-state index < -0.39 is 6.04 Å². The minimum absolute atomic E-state index is 0.106. The van der Waals surface area contributed by atoms with Crippen LogP contribution in [0.15, 0.2) is 48.5 Å². The van der Waals surface area contributed by atoms with Crippen LogP contribution in [0.4, 0.5) is 4.39 Å². The van der Waals surface area contributed by atoms with Crippen LogP contribution in [0.25, 0.3) is 0 Å². The highest BCUT2D eigenvalue weighted by molar-refractivity contribution is 5.94. The fourth-order valence-corrected chi connectivity index (χ4v) is 2.18. The van der Waals surface area contributed by atoms with Gasteiger partial charge in [-0.05, 0) is 30.7 Å². The minimum Gasteiger partial charge on any atom is -0.352 e. The molecular formula is C18H19FN2O2. The van der Waals surface area contributed by atoms with Crippen molar-refractivity contribution in [3.05, 3.63) is 71.0 Å². The summed E-state index contributed by atoms with van der Waals surface area (Å²) in [6, 6.07) is 12.9. The van der Waals surface area contributed by atoms with Crippen LogP contribution in [0, 0.1) is 5.82 Å². The molecule has 2 aromatic carbocycles. The molecule has 0 aliphatic rings. The molecule has 0 aliphatic heterocycles. The van der Waals surface area contributed by atoms with E-state index >= 15 is 0 Å². The normalized spacial score (nSPS) is 11.6. The lowest BCUT2D eigenvalue weighted by Crippen LogP contribution is -2.27. The monoisotopic (exact) mass is 314 g/mol.